The maximum atomic E-state index is 13.9. The van der Waals surface area contributed by atoms with Crippen molar-refractivity contribution in [1.29, 1.82) is 0 Å². The Morgan fingerprint density at radius 1 is 0.974 bits per heavy atom. The lowest BCUT2D eigenvalue weighted by molar-refractivity contribution is -0.157. The molecule has 3 aliphatic rings. The molecule has 1 saturated carbocycles. The number of nitrogens with two attached hydrogens (primary N) is 1. The Balaban J connectivity index is 1.63. The van der Waals surface area contributed by atoms with Crippen molar-refractivity contribution in [1.82, 2.24) is 0 Å². The third kappa shape index (κ3) is 3.30. The number of carbonyl (C=O) groups is 3. The molecule has 7 N–H and O–H groups in total. The number of aliphatic hydroxyl groups excluding tert-OH is 3. The number of carbonyl (C=O) groups excluding carboxylic acids is 3. The Hall–Kier alpha value is -4.73. The van der Waals surface area contributed by atoms with Crippen molar-refractivity contribution in [2.75, 3.05) is 0 Å². The monoisotopic (exact) mass is 525 g/mol. The number of phenolic OH excluding ortho intramolecular Hbond substituents is 1. The first-order valence-corrected chi connectivity index (χ1v) is 12.2. The summed E-state index contributed by atoms with van der Waals surface area (Å²) < 4.78 is 0. The Morgan fingerprint density at radius 2 is 1.69 bits per heavy atom. The maximum Gasteiger partial charge on any atom is 0.255 e. The van der Waals surface area contributed by atoms with Crippen LogP contribution >= 0.6 is 0 Å². The molecule has 0 saturated heterocycles. The normalized spacial score (nSPS) is 27.4. The number of Topliss-reactive ketones (excluding diaryl/α,β-unsaturated/α-hetero) is 2. The molecule has 1 amide bonds. The topological polar surface area (TPSA) is 178 Å². The average molecular weight is 526 g/mol. The highest BCUT2D eigenvalue weighted by Gasteiger charge is 2.64. The lowest BCUT2D eigenvalue weighted by atomic mass is 9.56. The van der Waals surface area contributed by atoms with Gasteiger partial charge in [-0.15, -0.1) is 0 Å². The molecular formula is C30H23NO8. The van der Waals surface area contributed by atoms with Gasteiger partial charge in [0.15, 0.2) is 11.4 Å². The summed E-state index contributed by atoms with van der Waals surface area (Å²) in [7, 11) is 0. The summed E-state index contributed by atoms with van der Waals surface area (Å²) in [6, 6.07) is 17.8. The molecule has 0 aliphatic heterocycles. The minimum Gasteiger partial charge on any atom is -0.508 e. The molecule has 0 radical (unpaired) electrons. The number of primary amides is 1. The van der Waals surface area contributed by atoms with Crippen molar-refractivity contribution in [2.24, 2.45) is 17.6 Å². The van der Waals surface area contributed by atoms with Gasteiger partial charge in [0, 0.05) is 18.3 Å². The Kier molecular flexibility index (Phi) is 5.29. The molecule has 0 bridgehead atoms. The average Bonchev–Trinajstić information content (AvgIpc) is 2.90. The van der Waals surface area contributed by atoms with Gasteiger partial charge in [-0.1, -0.05) is 54.6 Å². The zero-order valence-electron chi connectivity index (χ0n) is 20.3. The largest absolute Gasteiger partial charge is 0.508 e. The standard InChI is InChI=1S/C30H23NO8/c31-29(38)23-20(33)12-18-25(34)22-17(11-13-8-9-14-4-1-2-5-15(14)10-13)16-6-3-7-19(32)21(16)26(35)24(22)28(37)30(18,39)27(23)36/h1-11,18,22,25,32,34-36,39H,12H2,(H2,31,38)/b17-11+/t18-,22-,25-,30-/m1/s1. The number of hydrogen-bond acceptors (Lipinski definition) is 8. The second kappa shape index (κ2) is 8.39. The molecule has 0 spiro atoms. The van der Waals surface area contributed by atoms with Gasteiger partial charge in [0.25, 0.3) is 5.91 Å². The molecule has 9 nitrogen and oxygen atoms in total. The molecule has 0 aromatic heterocycles. The van der Waals surface area contributed by atoms with Crippen LogP contribution in [0.25, 0.3) is 28.2 Å². The number of benzene rings is 3. The number of rotatable bonds is 2. The summed E-state index contributed by atoms with van der Waals surface area (Å²) in [6.45, 7) is 0. The first-order chi connectivity index (χ1) is 18.6. The second-order valence-electron chi connectivity index (χ2n) is 10.1. The molecule has 4 atom stereocenters. The summed E-state index contributed by atoms with van der Waals surface area (Å²) in [5.74, 6) is -8.55. The van der Waals surface area contributed by atoms with Crippen molar-refractivity contribution < 1.29 is 39.9 Å². The van der Waals surface area contributed by atoms with Gasteiger partial charge in [-0.3, -0.25) is 14.4 Å². The predicted molar refractivity (Wildman–Crippen MR) is 141 cm³/mol. The van der Waals surface area contributed by atoms with E-state index in [0.717, 1.165) is 10.8 Å². The second-order valence-corrected chi connectivity index (χ2v) is 10.1. The van der Waals surface area contributed by atoms with Crippen LogP contribution in [-0.4, -0.2) is 54.7 Å². The Labute approximate surface area is 221 Å². The first kappa shape index (κ1) is 24.6. The molecule has 196 valence electrons. The van der Waals surface area contributed by atoms with Gasteiger partial charge in [-0.05, 0) is 39.6 Å². The van der Waals surface area contributed by atoms with E-state index in [4.69, 9.17) is 5.73 Å². The molecule has 6 rings (SSSR count). The van der Waals surface area contributed by atoms with E-state index in [2.05, 4.69) is 0 Å². The number of amides is 1. The highest BCUT2D eigenvalue weighted by molar-refractivity contribution is 6.23. The van der Waals surface area contributed by atoms with Crippen molar-refractivity contribution in [2.45, 2.75) is 18.1 Å². The van der Waals surface area contributed by atoms with E-state index in [0.29, 0.717) is 16.7 Å². The molecule has 3 aromatic carbocycles. The SMILES string of the molecule is NC(=O)C1=C(O)[C@@]2(O)C(=O)C3=C(O)c4c(O)cccc4/C(=C\c4ccc5ccccc5c4)[C@H]3[C@H](O)[C@H]2CC1=O. The van der Waals surface area contributed by atoms with Crippen molar-refractivity contribution >= 4 is 45.7 Å². The van der Waals surface area contributed by atoms with E-state index in [1.54, 1.807) is 18.2 Å². The van der Waals surface area contributed by atoms with E-state index in [-0.39, 0.29) is 11.3 Å². The molecule has 9 heteroatoms. The number of hydrogen-bond donors (Lipinski definition) is 6. The summed E-state index contributed by atoms with van der Waals surface area (Å²) in [6.07, 6.45) is -0.600. The fraction of sp³-hybridized carbons (Fsp3) is 0.167. The summed E-state index contributed by atoms with van der Waals surface area (Å²) in [5.41, 5.74) is 2.23. The molecular weight excluding hydrogens is 502 g/mol. The number of ketones is 2. The van der Waals surface area contributed by atoms with E-state index in [1.807, 2.05) is 42.5 Å². The third-order valence-electron chi connectivity index (χ3n) is 8.00. The van der Waals surface area contributed by atoms with Crippen molar-refractivity contribution in [3.63, 3.8) is 0 Å². The van der Waals surface area contributed by atoms with Gasteiger partial charge in [-0.25, -0.2) is 0 Å². The number of aliphatic hydroxyl groups is 4. The zero-order valence-corrected chi connectivity index (χ0v) is 20.3. The van der Waals surface area contributed by atoms with Crippen LogP contribution in [0.5, 0.6) is 5.75 Å². The van der Waals surface area contributed by atoms with Crippen molar-refractivity contribution in [3.05, 3.63) is 94.3 Å². The summed E-state index contributed by atoms with van der Waals surface area (Å²) in [5, 5.41) is 57.8. The Morgan fingerprint density at radius 3 is 2.41 bits per heavy atom. The van der Waals surface area contributed by atoms with Crippen molar-refractivity contribution in [3.8, 4) is 5.75 Å². The van der Waals surface area contributed by atoms with E-state index in [9.17, 15) is 39.9 Å². The van der Waals surface area contributed by atoms with Crippen LogP contribution in [-0.2, 0) is 14.4 Å². The van der Waals surface area contributed by atoms with Crippen LogP contribution in [0.2, 0.25) is 0 Å². The minimum atomic E-state index is -2.90. The fourth-order valence-corrected chi connectivity index (χ4v) is 6.17. The highest BCUT2D eigenvalue weighted by Crippen LogP contribution is 2.55. The summed E-state index contributed by atoms with van der Waals surface area (Å²) in [4.78, 5) is 38.5. The summed E-state index contributed by atoms with van der Waals surface area (Å²) >= 11 is 0. The smallest absolute Gasteiger partial charge is 0.255 e. The predicted octanol–water partition coefficient (Wildman–Crippen LogP) is 2.55. The fourth-order valence-electron chi connectivity index (χ4n) is 6.17. The van der Waals surface area contributed by atoms with E-state index >= 15 is 0 Å². The molecule has 3 aromatic rings. The minimum absolute atomic E-state index is 0.0936. The zero-order chi connectivity index (χ0) is 27.8. The van der Waals surface area contributed by atoms with Crippen LogP contribution in [0, 0.1) is 11.8 Å². The van der Waals surface area contributed by atoms with Gasteiger partial charge < -0.3 is 31.3 Å². The quantitative estimate of drug-likeness (QED) is 0.276. The van der Waals surface area contributed by atoms with E-state index in [1.165, 1.54) is 6.07 Å². The maximum absolute atomic E-state index is 13.9. The van der Waals surface area contributed by atoms with Crippen LogP contribution in [0.3, 0.4) is 0 Å². The number of aromatic hydroxyl groups is 1. The van der Waals surface area contributed by atoms with Crippen LogP contribution in [0.1, 0.15) is 23.1 Å². The van der Waals surface area contributed by atoms with Gasteiger partial charge in [0.2, 0.25) is 5.78 Å². The van der Waals surface area contributed by atoms with E-state index < -0.39 is 70.1 Å². The lowest BCUT2D eigenvalue weighted by Crippen LogP contribution is -2.63. The van der Waals surface area contributed by atoms with Crippen LogP contribution in [0.4, 0.5) is 0 Å². The Bertz CT molecular complexity index is 1730. The first-order valence-electron chi connectivity index (χ1n) is 12.2. The molecule has 1 fully saturated rings. The van der Waals surface area contributed by atoms with Crippen LogP contribution < -0.4 is 5.73 Å². The molecule has 39 heavy (non-hydrogen) atoms. The van der Waals surface area contributed by atoms with Gasteiger partial charge in [0.1, 0.15) is 22.8 Å². The number of fused-ring (bicyclic) bond motifs is 4. The number of phenols is 1. The van der Waals surface area contributed by atoms with Gasteiger partial charge in [0.05, 0.1) is 17.2 Å². The lowest BCUT2D eigenvalue weighted by Gasteiger charge is -2.49. The highest BCUT2D eigenvalue weighted by atomic mass is 16.4. The molecule has 0 heterocycles. The molecule has 0 unspecified atom stereocenters. The third-order valence-corrected chi connectivity index (χ3v) is 8.00. The van der Waals surface area contributed by atoms with Gasteiger partial charge in [-0.2, -0.15) is 0 Å². The van der Waals surface area contributed by atoms with Gasteiger partial charge >= 0.3 is 0 Å². The molecule has 3 aliphatic carbocycles. The van der Waals surface area contributed by atoms with Crippen LogP contribution in [0.15, 0.2) is 77.6 Å².